The van der Waals surface area contributed by atoms with Crippen molar-refractivity contribution in [2.75, 3.05) is 0 Å². The molecular formula is C50H30O. The van der Waals surface area contributed by atoms with E-state index in [2.05, 4.69) is 182 Å². The lowest BCUT2D eigenvalue weighted by molar-refractivity contribution is 0.487. The monoisotopic (exact) mass is 646 g/mol. The Kier molecular flexibility index (Phi) is 6.02. The molecule has 0 amide bonds. The van der Waals surface area contributed by atoms with Gasteiger partial charge in [0, 0.05) is 10.9 Å². The number of fused-ring (bicyclic) bond motifs is 2. The second-order valence-electron chi connectivity index (χ2n) is 13.7. The van der Waals surface area contributed by atoms with Gasteiger partial charge in [0.2, 0.25) is 0 Å². The second-order valence-corrected chi connectivity index (χ2v) is 13.7. The average molecular weight is 647 g/mol. The third-order valence-corrected chi connectivity index (χ3v) is 10.8. The van der Waals surface area contributed by atoms with Crippen molar-refractivity contribution >= 4 is 43.1 Å². The summed E-state index contributed by atoms with van der Waals surface area (Å²) in [6.45, 7) is 0. The van der Waals surface area contributed by atoms with Crippen molar-refractivity contribution in [3.05, 3.63) is 182 Å². The molecule has 0 spiro atoms. The first-order valence-corrected chi connectivity index (χ1v) is 17.6. The maximum atomic E-state index is 6.69. The summed E-state index contributed by atoms with van der Waals surface area (Å²) >= 11 is 0. The van der Waals surface area contributed by atoms with E-state index in [1.807, 2.05) is 0 Å². The van der Waals surface area contributed by atoms with E-state index in [0.717, 1.165) is 28.0 Å². The highest BCUT2D eigenvalue weighted by Crippen LogP contribution is 2.50. The lowest BCUT2D eigenvalue weighted by Crippen LogP contribution is -1.98. The molecule has 11 rings (SSSR count). The standard InChI is InChI=1S/C50H30O/c1-3-9-31(10-4-1)36-21-23-42-44-16-8-15-43-41(25-26-46(50(43)44)51-47(42)30-36)39-28-37(32-11-5-2-6-12-32)27-38(29-39)40-22-19-35-18-17-33-13-7-14-34-20-24-45(40)49(35)48(33)34/h1-30H. The molecule has 10 aromatic rings. The summed E-state index contributed by atoms with van der Waals surface area (Å²) in [6.07, 6.45) is 0. The van der Waals surface area contributed by atoms with E-state index < -0.39 is 0 Å². The fraction of sp³-hybridized carbons (Fsp3) is 0. The largest absolute Gasteiger partial charge is 0.456 e. The molecule has 1 aliphatic rings. The topological polar surface area (TPSA) is 9.23 Å². The fourth-order valence-electron chi connectivity index (χ4n) is 8.42. The van der Waals surface area contributed by atoms with Gasteiger partial charge in [-0.2, -0.15) is 0 Å². The van der Waals surface area contributed by atoms with Crippen molar-refractivity contribution in [1.29, 1.82) is 0 Å². The number of ether oxygens (including phenoxy) is 1. The zero-order valence-electron chi connectivity index (χ0n) is 27.7. The molecule has 0 fully saturated rings. The average Bonchev–Trinajstić information content (AvgIpc) is 3.20. The number of rotatable bonds is 4. The Morgan fingerprint density at radius 1 is 0.255 bits per heavy atom. The smallest absolute Gasteiger partial charge is 0.135 e. The van der Waals surface area contributed by atoms with Gasteiger partial charge in [0.1, 0.15) is 11.5 Å². The Balaban J connectivity index is 1.13. The highest BCUT2D eigenvalue weighted by atomic mass is 16.5. The minimum Gasteiger partial charge on any atom is -0.456 e. The zero-order valence-corrected chi connectivity index (χ0v) is 27.7. The van der Waals surface area contributed by atoms with Crippen LogP contribution in [0.25, 0.3) is 98.7 Å². The van der Waals surface area contributed by atoms with Crippen LogP contribution in [-0.4, -0.2) is 0 Å². The fourth-order valence-corrected chi connectivity index (χ4v) is 8.42. The van der Waals surface area contributed by atoms with Gasteiger partial charge in [-0.05, 0) is 124 Å². The highest BCUT2D eigenvalue weighted by Gasteiger charge is 2.23. The van der Waals surface area contributed by atoms with Gasteiger partial charge >= 0.3 is 0 Å². The molecule has 0 atom stereocenters. The lowest BCUT2D eigenvalue weighted by atomic mass is 9.86. The predicted octanol–water partition coefficient (Wildman–Crippen LogP) is 14.2. The molecule has 51 heavy (non-hydrogen) atoms. The first kappa shape index (κ1) is 28.2. The molecule has 0 saturated heterocycles. The summed E-state index contributed by atoms with van der Waals surface area (Å²) < 4.78 is 6.69. The van der Waals surface area contributed by atoms with E-state index in [1.54, 1.807) is 0 Å². The van der Waals surface area contributed by atoms with E-state index in [4.69, 9.17) is 4.74 Å². The highest BCUT2D eigenvalue weighted by molar-refractivity contribution is 6.25. The molecule has 0 radical (unpaired) electrons. The summed E-state index contributed by atoms with van der Waals surface area (Å²) in [6, 6.07) is 66.3. The van der Waals surface area contributed by atoms with E-state index in [9.17, 15) is 0 Å². The van der Waals surface area contributed by atoms with Gasteiger partial charge in [-0.15, -0.1) is 0 Å². The van der Waals surface area contributed by atoms with Gasteiger partial charge in [-0.25, -0.2) is 0 Å². The van der Waals surface area contributed by atoms with E-state index in [-0.39, 0.29) is 0 Å². The number of hydrogen-bond acceptors (Lipinski definition) is 1. The van der Waals surface area contributed by atoms with Gasteiger partial charge in [0.05, 0.1) is 0 Å². The number of hydrogen-bond donors (Lipinski definition) is 0. The van der Waals surface area contributed by atoms with Crippen molar-refractivity contribution < 1.29 is 4.74 Å². The van der Waals surface area contributed by atoms with Crippen molar-refractivity contribution in [2.45, 2.75) is 0 Å². The molecule has 1 heteroatoms. The van der Waals surface area contributed by atoms with Crippen LogP contribution in [0.15, 0.2) is 182 Å². The van der Waals surface area contributed by atoms with E-state index >= 15 is 0 Å². The predicted molar refractivity (Wildman–Crippen MR) is 215 cm³/mol. The van der Waals surface area contributed by atoms with Gasteiger partial charge in [-0.1, -0.05) is 146 Å². The summed E-state index contributed by atoms with van der Waals surface area (Å²) in [7, 11) is 0. The molecule has 0 saturated carbocycles. The summed E-state index contributed by atoms with van der Waals surface area (Å²) in [5, 5.41) is 10.1. The molecule has 10 aromatic carbocycles. The Morgan fingerprint density at radius 3 is 1.57 bits per heavy atom. The maximum absolute atomic E-state index is 6.69. The van der Waals surface area contributed by atoms with E-state index in [0.29, 0.717) is 0 Å². The normalized spacial score (nSPS) is 12.1. The lowest BCUT2D eigenvalue weighted by Gasteiger charge is -2.23. The molecule has 0 bridgehead atoms. The van der Waals surface area contributed by atoms with Crippen LogP contribution in [0.5, 0.6) is 11.5 Å². The first-order valence-electron chi connectivity index (χ1n) is 17.6. The Morgan fingerprint density at radius 2 is 0.824 bits per heavy atom. The van der Waals surface area contributed by atoms with Crippen LogP contribution in [0.2, 0.25) is 0 Å². The van der Waals surface area contributed by atoms with E-state index in [1.165, 1.54) is 82.2 Å². The SMILES string of the molecule is c1ccc(-c2cc(-c3ccc4c5c(cccc35)-c3ccc(-c5ccccc5)cc3O4)cc(-c3ccc4ccc5cccc6ccc3c4c56)c2)cc1. The van der Waals surface area contributed by atoms with Crippen LogP contribution in [0.1, 0.15) is 0 Å². The van der Waals surface area contributed by atoms with Gasteiger partial charge in [0.25, 0.3) is 0 Å². The third-order valence-electron chi connectivity index (χ3n) is 10.8. The molecule has 1 heterocycles. The third kappa shape index (κ3) is 4.35. The van der Waals surface area contributed by atoms with Crippen LogP contribution < -0.4 is 4.74 Å². The van der Waals surface area contributed by atoms with Crippen LogP contribution in [0.4, 0.5) is 0 Å². The first-order chi connectivity index (χ1) is 25.3. The molecule has 1 aliphatic heterocycles. The van der Waals surface area contributed by atoms with Crippen molar-refractivity contribution in [3.8, 4) is 67.1 Å². The molecule has 236 valence electrons. The molecule has 1 nitrogen and oxygen atoms in total. The minimum atomic E-state index is 0.895. The maximum Gasteiger partial charge on any atom is 0.135 e. The molecule has 0 aromatic heterocycles. The van der Waals surface area contributed by atoms with Crippen LogP contribution in [0.3, 0.4) is 0 Å². The quantitative estimate of drug-likeness (QED) is 0.173. The molecule has 0 N–H and O–H groups in total. The summed E-state index contributed by atoms with van der Waals surface area (Å²) in [4.78, 5) is 0. The van der Waals surface area contributed by atoms with Crippen LogP contribution in [-0.2, 0) is 0 Å². The molecular weight excluding hydrogens is 617 g/mol. The van der Waals surface area contributed by atoms with Gasteiger partial charge in [-0.3, -0.25) is 0 Å². The Hall–Kier alpha value is -6.70. The molecule has 0 unspecified atom stereocenters. The van der Waals surface area contributed by atoms with Crippen molar-refractivity contribution in [1.82, 2.24) is 0 Å². The van der Waals surface area contributed by atoms with Gasteiger partial charge < -0.3 is 4.74 Å². The summed E-state index contributed by atoms with van der Waals surface area (Å²) in [5.41, 5.74) is 11.9. The minimum absolute atomic E-state index is 0.895. The molecule has 0 aliphatic carbocycles. The Labute approximate surface area is 296 Å². The number of benzene rings is 10. The zero-order chi connectivity index (χ0) is 33.5. The second kappa shape index (κ2) is 10.9. The summed E-state index contributed by atoms with van der Waals surface area (Å²) in [5.74, 6) is 1.79. The van der Waals surface area contributed by atoms with Crippen LogP contribution >= 0.6 is 0 Å². The van der Waals surface area contributed by atoms with Crippen molar-refractivity contribution in [2.24, 2.45) is 0 Å². The van der Waals surface area contributed by atoms with Crippen molar-refractivity contribution in [3.63, 3.8) is 0 Å². The Bertz CT molecular complexity index is 2960. The van der Waals surface area contributed by atoms with Gasteiger partial charge in [0.15, 0.2) is 0 Å². The van der Waals surface area contributed by atoms with Crippen LogP contribution in [0, 0.1) is 0 Å².